The van der Waals surface area contributed by atoms with E-state index in [1.807, 2.05) is 41.7 Å². The second-order valence-corrected chi connectivity index (χ2v) is 10.8. The van der Waals surface area contributed by atoms with Crippen molar-refractivity contribution in [2.24, 2.45) is 0 Å². The Hall–Kier alpha value is -3.71. The van der Waals surface area contributed by atoms with Crippen LogP contribution in [-0.4, -0.2) is 65.5 Å². The summed E-state index contributed by atoms with van der Waals surface area (Å²) >= 11 is 6.11. The first-order valence-electron chi connectivity index (χ1n) is 12.9. The van der Waals surface area contributed by atoms with E-state index in [2.05, 4.69) is 83.4 Å². The van der Waals surface area contributed by atoms with E-state index >= 15 is 0 Å². The smallest absolute Gasteiger partial charge is 0.260 e. The molecule has 1 aromatic heterocycles. The van der Waals surface area contributed by atoms with Gasteiger partial charge in [-0.15, -0.1) is 0 Å². The number of hydrogen-bond donors (Lipinski definition) is 0. The Bertz CT molecular complexity index is 1560. The summed E-state index contributed by atoms with van der Waals surface area (Å²) in [7, 11) is 4.22. The number of quaternary nitrogens is 1. The van der Waals surface area contributed by atoms with Gasteiger partial charge >= 0.3 is 0 Å². The van der Waals surface area contributed by atoms with Gasteiger partial charge in [-0.05, 0) is 41.1 Å². The number of piperazine rings is 1. The van der Waals surface area contributed by atoms with Gasteiger partial charge < -0.3 is 9.80 Å². The molecular weight excluding hydrogens is 494 g/mol. The predicted octanol–water partition coefficient (Wildman–Crippen LogP) is 5.39. The summed E-state index contributed by atoms with van der Waals surface area (Å²) in [6.45, 7) is 3.88. The van der Waals surface area contributed by atoms with Crippen LogP contribution in [0, 0.1) is 0 Å². The van der Waals surface area contributed by atoms with E-state index in [4.69, 9.17) is 11.6 Å². The third-order valence-corrected chi connectivity index (χ3v) is 7.89. The molecule has 2 aliphatic heterocycles. The van der Waals surface area contributed by atoms with Crippen LogP contribution in [0.2, 0.25) is 5.02 Å². The van der Waals surface area contributed by atoms with Gasteiger partial charge in [0, 0.05) is 31.2 Å². The largest absolute Gasteiger partial charge is 0.336 e. The van der Waals surface area contributed by atoms with Crippen molar-refractivity contribution in [1.29, 1.82) is 0 Å². The maximum Gasteiger partial charge on any atom is 0.260 e. The molecule has 7 heteroatoms. The van der Waals surface area contributed by atoms with E-state index in [1.54, 1.807) is 0 Å². The molecular formula is C31H31ClN5O+. The van der Waals surface area contributed by atoms with Gasteiger partial charge in [-0.1, -0.05) is 66.2 Å². The summed E-state index contributed by atoms with van der Waals surface area (Å²) in [6.07, 6.45) is 8.04. The summed E-state index contributed by atoms with van der Waals surface area (Å²) in [4.78, 5) is 22.8. The van der Waals surface area contributed by atoms with Crippen molar-refractivity contribution in [2.75, 3.05) is 40.3 Å². The van der Waals surface area contributed by atoms with E-state index in [0.29, 0.717) is 11.0 Å². The molecule has 3 aromatic carbocycles. The van der Waals surface area contributed by atoms with Crippen LogP contribution in [-0.2, 0) is 11.3 Å². The number of nitrogens with zero attached hydrogens (tertiary/aromatic N) is 5. The molecule has 1 amide bonds. The second-order valence-electron chi connectivity index (χ2n) is 10.4. The van der Waals surface area contributed by atoms with Crippen molar-refractivity contribution in [3.8, 4) is 0 Å². The Labute approximate surface area is 228 Å². The number of benzene rings is 3. The number of carbonyl (C=O) groups excluding carboxylic acids is 1. The number of aromatic nitrogens is 2. The van der Waals surface area contributed by atoms with Crippen LogP contribution in [0.4, 0.5) is 5.82 Å². The highest BCUT2D eigenvalue weighted by molar-refractivity contribution is 6.30. The molecule has 1 saturated heterocycles. The fraction of sp³-hybridized carbons (Fsp3) is 0.226. The Morgan fingerprint density at radius 3 is 2.47 bits per heavy atom. The van der Waals surface area contributed by atoms with E-state index < -0.39 is 0 Å². The minimum atomic E-state index is 0.0860. The average Bonchev–Trinajstić information content (AvgIpc) is 3.55. The Balaban J connectivity index is 1.45. The lowest BCUT2D eigenvalue weighted by Crippen LogP contribution is -2.47. The molecule has 0 bridgehead atoms. The van der Waals surface area contributed by atoms with Crippen molar-refractivity contribution < 1.29 is 4.79 Å². The van der Waals surface area contributed by atoms with Crippen molar-refractivity contribution in [1.82, 2.24) is 23.8 Å². The monoisotopic (exact) mass is 524 g/mol. The topological polar surface area (TPSA) is 41.4 Å². The average molecular weight is 525 g/mol. The Morgan fingerprint density at radius 1 is 0.947 bits per heavy atom. The van der Waals surface area contributed by atoms with Gasteiger partial charge in [-0.25, -0.2) is 9.47 Å². The van der Waals surface area contributed by atoms with Crippen molar-refractivity contribution >= 4 is 39.7 Å². The molecule has 3 heterocycles. The number of carbonyl (C=O) groups is 1. The van der Waals surface area contributed by atoms with E-state index in [-0.39, 0.29) is 5.91 Å². The third kappa shape index (κ3) is 4.56. The van der Waals surface area contributed by atoms with Crippen molar-refractivity contribution in [3.63, 3.8) is 0 Å². The van der Waals surface area contributed by atoms with Crippen molar-refractivity contribution in [2.45, 2.75) is 6.54 Å². The fourth-order valence-electron chi connectivity index (χ4n) is 5.49. The van der Waals surface area contributed by atoms with Gasteiger partial charge in [0.05, 0.1) is 25.5 Å². The first-order valence-corrected chi connectivity index (χ1v) is 13.3. The SMILES string of the molecule is CN1CCN(C(=O)C2=C[N+](C)(c3cncn3Cc3ccc(Cl)cc3)C=C2c2cccc3ccccc23)CC1. The van der Waals surface area contributed by atoms with Crippen LogP contribution in [0.5, 0.6) is 0 Å². The maximum atomic E-state index is 14.0. The number of hydrogen-bond acceptors (Lipinski definition) is 3. The minimum Gasteiger partial charge on any atom is -0.336 e. The lowest BCUT2D eigenvalue weighted by Gasteiger charge is -2.32. The van der Waals surface area contributed by atoms with Crippen LogP contribution < -0.4 is 4.48 Å². The molecule has 192 valence electrons. The second kappa shape index (κ2) is 9.87. The van der Waals surface area contributed by atoms with Crippen LogP contribution in [0.1, 0.15) is 11.1 Å². The molecule has 0 radical (unpaired) electrons. The molecule has 0 aliphatic carbocycles. The number of amides is 1. The molecule has 38 heavy (non-hydrogen) atoms. The van der Waals surface area contributed by atoms with Gasteiger partial charge in [-0.2, -0.15) is 0 Å². The maximum absolute atomic E-state index is 14.0. The zero-order valence-corrected chi connectivity index (χ0v) is 22.5. The highest BCUT2D eigenvalue weighted by Gasteiger charge is 2.39. The molecule has 6 rings (SSSR count). The van der Waals surface area contributed by atoms with Crippen LogP contribution in [0.25, 0.3) is 16.3 Å². The van der Waals surface area contributed by atoms with Gasteiger partial charge in [0.1, 0.15) is 24.2 Å². The van der Waals surface area contributed by atoms with E-state index in [1.165, 1.54) is 0 Å². The van der Waals surface area contributed by atoms with Gasteiger partial charge in [0.25, 0.3) is 5.91 Å². The molecule has 0 saturated carbocycles. The standard InChI is InChI=1S/C31H31ClN5O/c1-34-14-16-35(17-15-34)31(38)29-21-37(2,20-28(29)27-9-5-7-24-6-3-4-8-26(24)27)30-18-33-22-36(30)19-23-10-12-25(32)13-11-23/h3-13,18,20-22H,14-17,19H2,1-2H3/q+1. The molecule has 0 N–H and O–H groups in total. The highest BCUT2D eigenvalue weighted by atomic mass is 35.5. The predicted molar refractivity (Wildman–Crippen MR) is 155 cm³/mol. The quantitative estimate of drug-likeness (QED) is 0.329. The first kappa shape index (κ1) is 24.6. The lowest BCUT2D eigenvalue weighted by atomic mass is 9.94. The van der Waals surface area contributed by atoms with Crippen LogP contribution in [0.3, 0.4) is 0 Å². The van der Waals surface area contributed by atoms with Gasteiger partial charge in [-0.3, -0.25) is 9.36 Å². The van der Waals surface area contributed by atoms with Crippen molar-refractivity contribution in [3.05, 3.63) is 113 Å². The van der Waals surface area contributed by atoms with Crippen LogP contribution >= 0.6 is 11.6 Å². The molecule has 1 unspecified atom stereocenters. The number of likely N-dealkylation sites (N-methyl/N-ethyl adjacent to an activating group) is 1. The Morgan fingerprint density at radius 2 is 1.68 bits per heavy atom. The third-order valence-electron chi connectivity index (χ3n) is 7.64. The molecule has 4 aromatic rings. The number of imidazole rings is 1. The molecule has 0 spiro atoms. The van der Waals surface area contributed by atoms with E-state index in [9.17, 15) is 4.79 Å². The summed E-state index contributed by atoms with van der Waals surface area (Å²) in [5, 5.41) is 3.02. The normalized spacial score (nSPS) is 20.0. The van der Waals surface area contributed by atoms with Gasteiger partial charge in [0.15, 0.2) is 0 Å². The number of fused-ring (bicyclic) bond motifs is 1. The summed E-state index contributed by atoms with van der Waals surface area (Å²) in [5.74, 6) is 1.07. The summed E-state index contributed by atoms with van der Waals surface area (Å²) in [5.41, 5.74) is 3.91. The van der Waals surface area contributed by atoms with Crippen LogP contribution in [0.15, 0.2) is 97.2 Å². The number of halogens is 1. The van der Waals surface area contributed by atoms with E-state index in [0.717, 1.165) is 70.1 Å². The summed E-state index contributed by atoms with van der Waals surface area (Å²) in [6, 6.07) is 22.6. The molecule has 1 fully saturated rings. The number of rotatable bonds is 5. The Kier molecular flexibility index (Phi) is 6.40. The van der Waals surface area contributed by atoms with Gasteiger partial charge in [0.2, 0.25) is 5.82 Å². The zero-order chi connectivity index (χ0) is 26.3. The zero-order valence-electron chi connectivity index (χ0n) is 21.7. The first-order chi connectivity index (χ1) is 18.4. The molecule has 1 atom stereocenters. The lowest BCUT2D eigenvalue weighted by molar-refractivity contribution is -0.128. The molecule has 6 nitrogen and oxygen atoms in total. The molecule has 2 aliphatic rings. The minimum absolute atomic E-state index is 0.0860. The highest BCUT2D eigenvalue weighted by Crippen LogP contribution is 2.40. The fourth-order valence-corrected chi connectivity index (χ4v) is 5.62. The summed E-state index contributed by atoms with van der Waals surface area (Å²) < 4.78 is 2.49.